The molecule has 16 heavy (non-hydrogen) atoms. The van der Waals surface area contributed by atoms with Gasteiger partial charge >= 0.3 is 0 Å². The van der Waals surface area contributed by atoms with Crippen molar-refractivity contribution in [2.45, 2.75) is 25.8 Å². The molecular weight excluding hydrogens is 206 g/mol. The molecule has 0 amide bonds. The first-order valence-corrected chi connectivity index (χ1v) is 6.25. The summed E-state index contributed by atoms with van der Waals surface area (Å²) >= 11 is 0. The SMILES string of the molecule is CCNC1COCC1C(=O)C1CCOCC1. The average Bonchev–Trinajstić information content (AvgIpc) is 2.78. The molecule has 0 bridgehead atoms. The average molecular weight is 227 g/mol. The largest absolute Gasteiger partial charge is 0.381 e. The molecule has 4 heteroatoms. The van der Waals surface area contributed by atoms with Crippen LogP contribution in [0.2, 0.25) is 0 Å². The summed E-state index contributed by atoms with van der Waals surface area (Å²) in [6, 6.07) is 0.223. The van der Waals surface area contributed by atoms with Crippen LogP contribution in [-0.2, 0) is 14.3 Å². The fraction of sp³-hybridized carbons (Fsp3) is 0.917. The van der Waals surface area contributed by atoms with Gasteiger partial charge in [0.2, 0.25) is 0 Å². The van der Waals surface area contributed by atoms with Crippen molar-refractivity contribution in [2.24, 2.45) is 11.8 Å². The summed E-state index contributed by atoms with van der Waals surface area (Å²) in [4.78, 5) is 12.3. The summed E-state index contributed by atoms with van der Waals surface area (Å²) in [6.45, 7) is 5.69. The van der Waals surface area contributed by atoms with Gasteiger partial charge in [0.25, 0.3) is 0 Å². The second-order valence-electron chi connectivity index (χ2n) is 4.60. The molecule has 2 aliphatic rings. The fourth-order valence-corrected chi connectivity index (χ4v) is 2.58. The summed E-state index contributed by atoms with van der Waals surface area (Å²) in [5.41, 5.74) is 0. The number of Topliss-reactive ketones (excluding diaryl/α,β-unsaturated/α-hetero) is 1. The van der Waals surface area contributed by atoms with Gasteiger partial charge < -0.3 is 14.8 Å². The maximum atomic E-state index is 12.3. The quantitative estimate of drug-likeness (QED) is 0.764. The van der Waals surface area contributed by atoms with Gasteiger partial charge in [-0.25, -0.2) is 0 Å². The Kier molecular flexibility index (Phi) is 4.32. The van der Waals surface area contributed by atoms with E-state index in [1.165, 1.54) is 0 Å². The van der Waals surface area contributed by atoms with E-state index in [0.29, 0.717) is 19.0 Å². The van der Waals surface area contributed by atoms with E-state index < -0.39 is 0 Å². The second-order valence-corrected chi connectivity index (χ2v) is 4.60. The summed E-state index contributed by atoms with van der Waals surface area (Å²) in [7, 11) is 0. The number of ether oxygens (including phenoxy) is 2. The maximum Gasteiger partial charge on any atom is 0.143 e. The number of rotatable bonds is 4. The summed E-state index contributed by atoms with van der Waals surface area (Å²) in [6.07, 6.45) is 1.77. The predicted molar refractivity (Wildman–Crippen MR) is 60.3 cm³/mol. The topological polar surface area (TPSA) is 47.6 Å². The van der Waals surface area contributed by atoms with Crippen LogP contribution < -0.4 is 5.32 Å². The molecule has 2 saturated heterocycles. The van der Waals surface area contributed by atoms with Gasteiger partial charge in [0, 0.05) is 25.2 Å². The molecular formula is C12H21NO3. The van der Waals surface area contributed by atoms with Crippen LogP contribution in [0.5, 0.6) is 0 Å². The molecule has 92 valence electrons. The van der Waals surface area contributed by atoms with Crippen molar-refractivity contribution in [3.63, 3.8) is 0 Å². The maximum absolute atomic E-state index is 12.3. The van der Waals surface area contributed by atoms with Crippen molar-refractivity contribution >= 4 is 5.78 Å². The minimum atomic E-state index is 0.0584. The van der Waals surface area contributed by atoms with Crippen molar-refractivity contribution in [1.82, 2.24) is 5.32 Å². The van der Waals surface area contributed by atoms with E-state index >= 15 is 0 Å². The number of likely N-dealkylation sites (N-methyl/N-ethyl adjacent to an activating group) is 1. The van der Waals surface area contributed by atoms with Crippen LogP contribution in [-0.4, -0.2) is 44.8 Å². The van der Waals surface area contributed by atoms with E-state index in [1.807, 2.05) is 0 Å². The Morgan fingerprint density at radius 2 is 2.00 bits per heavy atom. The summed E-state index contributed by atoms with van der Waals surface area (Å²) in [5, 5.41) is 3.34. The third-order valence-electron chi connectivity index (χ3n) is 3.54. The zero-order valence-electron chi connectivity index (χ0n) is 9.91. The molecule has 4 nitrogen and oxygen atoms in total. The first kappa shape index (κ1) is 12.0. The number of hydrogen-bond acceptors (Lipinski definition) is 4. The smallest absolute Gasteiger partial charge is 0.143 e. The minimum Gasteiger partial charge on any atom is -0.381 e. The van der Waals surface area contributed by atoms with Crippen LogP contribution in [0.25, 0.3) is 0 Å². The lowest BCUT2D eigenvalue weighted by Crippen LogP contribution is -2.42. The lowest BCUT2D eigenvalue weighted by molar-refractivity contribution is -0.130. The van der Waals surface area contributed by atoms with Gasteiger partial charge in [0.1, 0.15) is 5.78 Å². The molecule has 2 aliphatic heterocycles. The highest BCUT2D eigenvalue weighted by atomic mass is 16.5. The lowest BCUT2D eigenvalue weighted by atomic mass is 9.85. The van der Waals surface area contributed by atoms with Gasteiger partial charge in [-0.2, -0.15) is 0 Å². The van der Waals surface area contributed by atoms with Crippen LogP contribution >= 0.6 is 0 Å². The van der Waals surface area contributed by atoms with Gasteiger partial charge in [-0.1, -0.05) is 6.92 Å². The third-order valence-corrected chi connectivity index (χ3v) is 3.54. The van der Waals surface area contributed by atoms with Crippen molar-refractivity contribution in [2.75, 3.05) is 33.0 Å². The first-order chi connectivity index (χ1) is 7.83. The van der Waals surface area contributed by atoms with Gasteiger partial charge in [0.05, 0.1) is 19.1 Å². The van der Waals surface area contributed by atoms with Crippen molar-refractivity contribution in [3.8, 4) is 0 Å². The van der Waals surface area contributed by atoms with Gasteiger partial charge in [-0.15, -0.1) is 0 Å². The Morgan fingerprint density at radius 3 is 2.69 bits per heavy atom. The number of carbonyl (C=O) groups is 1. The van der Waals surface area contributed by atoms with Crippen LogP contribution in [0.3, 0.4) is 0 Å². The number of ketones is 1. The normalized spacial score (nSPS) is 31.8. The number of carbonyl (C=O) groups excluding carboxylic acids is 1. The predicted octanol–water partition coefficient (Wildman–Crippen LogP) is 0.607. The molecule has 1 N–H and O–H groups in total. The highest BCUT2D eigenvalue weighted by molar-refractivity contribution is 5.84. The third kappa shape index (κ3) is 2.62. The van der Waals surface area contributed by atoms with Crippen LogP contribution in [0, 0.1) is 11.8 Å². The molecule has 2 unspecified atom stereocenters. The molecule has 0 aromatic carbocycles. The molecule has 0 aliphatic carbocycles. The summed E-state index contributed by atoms with van der Waals surface area (Å²) < 4.78 is 10.7. The van der Waals surface area contributed by atoms with E-state index in [4.69, 9.17) is 9.47 Å². The molecule has 0 aromatic rings. The Morgan fingerprint density at radius 1 is 1.25 bits per heavy atom. The Hall–Kier alpha value is -0.450. The molecule has 2 fully saturated rings. The van der Waals surface area contributed by atoms with Crippen molar-refractivity contribution < 1.29 is 14.3 Å². The zero-order chi connectivity index (χ0) is 11.4. The first-order valence-electron chi connectivity index (χ1n) is 6.25. The Balaban J connectivity index is 1.91. The van der Waals surface area contributed by atoms with Gasteiger partial charge in [0.15, 0.2) is 0 Å². The molecule has 2 rings (SSSR count). The highest BCUT2D eigenvalue weighted by Gasteiger charge is 2.37. The van der Waals surface area contributed by atoms with Crippen LogP contribution in [0.4, 0.5) is 0 Å². The fourth-order valence-electron chi connectivity index (χ4n) is 2.58. The van der Waals surface area contributed by atoms with Crippen molar-refractivity contribution in [1.29, 1.82) is 0 Å². The van der Waals surface area contributed by atoms with Crippen LogP contribution in [0.15, 0.2) is 0 Å². The standard InChI is InChI=1S/C12H21NO3/c1-2-13-11-8-16-7-10(11)12(14)9-3-5-15-6-4-9/h9-11,13H,2-8H2,1H3. The molecule has 0 aromatic heterocycles. The molecule has 0 spiro atoms. The van der Waals surface area contributed by atoms with Gasteiger partial charge in [-0.05, 0) is 19.4 Å². The van der Waals surface area contributed by atoms with Crippen LogP contribution in [0.1, 0.15) is 19.8 Å². The Bertz CT molecular complexity index is 238. The molecule has 0 saturated carbocycles. The van der Waals surface area contributed by atoms with E-state index in [2.05, 4.69) is 12.2 Å². The van der Waals surface area contributed by atoms with Crippen molar-refractivity contribution in [3.05, 3.63) is 0 Å². The number of hydrogen-bond donors (Lipinski definition) is 1. The minimum absolute atomic E-state index is 0.0584. The van der Waals surface area contributed by atoms with E-state index in [0.717, 1.165) is 32.6 Å². The second kappa shape index (κ2) is 5.75. The Labute approximate surface area is 96.7 Å². The highest BCUT2D eigenvalue weighted by Crippen LogP contribution is 2.24. The van der Waals surface area contributed by atoms with E-state index in [-0.39, 0.29) is 17.9 Å². The molecule has 2 atom stereocenters. The van der Waals surface area contributed by atoms with E-state index in [1.54, 1.807) is 0 Å². The molecule has 0 radical (unpaired) electrons. The summed E-state index contributed by atoms with van der Waals surface area (Å²) in [5.74, 6) is 0.636. The van der Waals surface area contributed by atoms with E-state index in [9.17, 15) is 4.79 Å². The lowest BCUT2D eigenvalue weighted by Gasteiger charge is -2.25. The zero-order valence-corrected chi connectivity index (χ0v) is 9.91. The number of nitrogens with one attached hydrogen (secondary N) is 1. The van der Waals surface area contributed by atoms with Gasteiger partial charge in [-0.3, -0.25) is 4.79 Å². The molecule has 2 heterocycles. The monoisotopic (exact) mass is 227 g/mol.